The Hall–Kier alpha value is -1.23. The van der Waals surface area contributed by atoms with Crippen molar-refractivity contribution in [1.82, 2.24) is 15.3 Å². The molecule has 0 bridgehead atoms. The zero-order valence-electron chi connectivity index (χ0n) is 12.0. The first kappa shape index (κ1) is 14.2. The zero-order chi connectivity index (χ0) is 13.8. The van der Waals surface area contributed by atoms with Crippen molar-refractivity contribution in [1.29, 1.82) is 0 Å². The number of aromatic nitrogens is 2. The highest BCUT2D eigenvalue weighted by Gasteiger charge is 2.26. The minimum atomic E-state index is -0.261. The van der Waals surface area contributed by atoms with E-state index in [9.17, 15) is 4.39 Å². The minimum Gasteiger partial charge on any atom is -0.354 e. The van der Waals surface area contributed by atoms with Crippen molar-refractivity contribution in [3.05, 3.63) is 17.8 Å². The molecule has 1 aromatic heterocycles. The average Bonchev–Trinajstić information content (AvgIpc) is 2.47. The van der Waals surface area contributed by atoms with E-state index in [1.807, 2.05) is 25.9 Å². The fourth-order valence-corrected chi connectivity index (χ4v) is 2.81. The summed E-state index contributed by atoms with van der Waals surface area (Å²) in [6, 6.07) is 0.977. The molecule has 0 aromatic carbocycles. The van der Waals surface area contributed by atoms with E-state index in [-0.39, 0.29) is 5.82 Å². The summed E-state index contributed by atoms with van der Waals surface area (Å²) >= 11 is 0. The lowest BCUT2D eigenvalue weighted by molar-refractivity contribution is 0.349. The van der Waals surface area contributed by atoms with Crippen LogP contribution in [0.2, 0.25) is 0 Å². The van der Waals surface area contributed by atoms with Gasteiger partial charge in [-0.15, -0.1) is 0 Å². The number of aryl methyl sites for hydroxylation is 1. The summed E-state index contributed by atoms with van der Waals surface area (Å²) in [5, 5.41) is 3.31. The van der Waals surface area contributed by atoms with Crippen LogP contribution in [0.3, 0.4) is 0 Å². The Bertz CT molecular complexity index is 416. The standard InChI is InChI=1S/C14H23FN4/c1-4-12-13(15)14(18-9-17-12)19(3)11-7-5-10(16-2)6-8-11/h9-11,16H,4-8H2,1-3H3. The Morgan fingerprint density at radius 3 is 2.58 bits per heavy atom. The highest BCUT2D eigenvalue weighted by atomic mass is 19.1. The number of hydrogen-bond donors (Lipinski definition) is 1. The predicted molar refractivity (Wildman–Crippen MR) is 74.9 cm³/mol. The first-order valence-corrected chi connectivity index (χ1v) is 7.06. The molecule has 0 radical (unpaired) electrons. The van der Waals surface area contributed by atoms with E-state index >= 15 is 0 Å². The topological polar surface area (TPSA) is 41.1 Å². The highest BCUT2D eigenvalue weighted by molar-refractivity contribution is 5.41. The molecule has 1 saturated carbocycles. The van der Waals surface area contributed by atoms with Gasteiger partial charge in [0.05, 0.1) is 5.69 Å². The summed E-state index contributed by atoms with van der Waals surface area (Å²) < 4.78 is 14.2. The van der Waals surface area contributed by atoms with Crippen LogP contribution in [-0.2, 0) is 6.42 Å². The third-order valence-corrected chi connectivity index (χ3v) is 4.16. The SMILES string of the molecule is CCc1ncnc(N(C)C2CCC(NC)CC2)c1F. The van der Waals surface area contributed by atoms with E-state index in [1.54, 1.807) is 0 Å². The first-order chi connectivity index (χ1) is 9.17. The Balaban J connectivity index is 2.10. The smallest absolute Gasteiger partial charge is 0.187 e. The van der Waals surface area contributed by atoms with Crippen LogP contribution >= 0.6 is 0 Å². The largest absolute Gasteiger partial charge is 0.354 e. The maximum atomic E-state index is 14.2. The van der Waals surface area contributed by atoms with Crippen molar-refractivity contribution in [3.63, 3.8) is 0 Å². The van der Waals surface area contributed by atoms with Gasteiger partial charge in [-0.25, -0.2) is 14.4 Å². The molecule has 0 spiro atoms. The van der Waals surface area contributed by atoms with E-state index in [2.05, 4.69) is 15.3 Å². The Morgan fingerprint density at radius 2 is 2.00 bits per heavy atom. The molecule has 1 N–H and O–H groups in total. The van der Waals surface area contributed by atoms with Gasteiger partial charge in [-0.2, -0.15) is 0 Å². The maximum Gasteiger partial charge on any atom is 0.187 e. The average molecular weight is 266 g/mol. The molecule has 0 amide bonds. The number of anilines is 1. The molecule has 0 atom stereocenters. The lowest BCUT2D eigenvalue weighted by Crippen LogP contribution is -2.40. The van der Waals surface area contributed by atoms with Crippen molar-refractivity contribution in [3.8, 4) is 0 Å². The van der Waals surface area contributed by atoms with Gasteiger partial charge < -0.3 is 10.2 Å². The van der Waals surface area contributed by atoms with E-state index in [0.717, 1.165) is 25.7 Å². The van der Waals surface area contributed by atoms with Crippen LogP contribution in [0.4, 0.5) is 10.2 Å². The van der Waals surface area contributed by atoms with Gasteiger partial charge in [-0.3, -0.25) is 0 Å². The fraction of sp³-hybridized carbons (Fsp3) is 0.714. The Labute approximate surface area is 114 Å². The van der Waals surface area contributed by atoms with Crippen LogP contribution in [0.5, 0.6) is 0 Å². The lowest BCUT2D eigenvalue weighted by Gasteiger charge is -2.35. The zero-order valence-corrected chi connectivity index (χ0v) is 12.0. The number of rotatable bonds is 4. The van der Waals surface area contributed by atoms with E-state index in [0.29, 0.717) is 30.0 Å². The molecule has 19 heavy (non-hydrogen) atoms. The maximum absolute atomic E-state index is 14.2. The van der Waals surface area contributed by atoms with Gasteiger partial charge in [-0.1, -0.05) is 6.92 Å². The van der Waals surface area contributed by atoms with Crippen LogP contribution < -0.4 is 10.2 Å². The molecule has 0 saturated heterocycles. The van der Waals surface area contributed by atoms with Gasteiger partial charge in [-0.05, 0) is 39.2 Å². The highest BCUT2D eigenvalue weighted by Crippen LogP contribution is 2.27. The van der Waals surface area contributed by atoms with Crippen LogP contribution in [0, 0.1) is 5.82 Å². The third-order valence-electron chi connectivity index (χ3n) is 4.16. The second kappa shape index (κ2) is 6.28. The van der Waals surface area contributed by atoms with Gasteiger partial charge in [0.25, 0.3) is 0 Å². The molecule has 5 heteroatoms. The quantitative estimate of drug-likeness (QED) is 0.906. The van der Waals surface area contributed by atoms with Crippen molar-refractivity contribution in [2.24, 2.45) is 0 Å². The van der Waals surface area contributed by atoms with Crippen molar-refractivity contribution < 1.29 is 4.39 Å². The molecular formula is C14H23FN4. The number of nitrogens with one attached hydrogen (secondary N) is 1. The Morgan fingerprint density at radius 1 is 1.32 bits per heavy atom. The molecule has 1 heterocycles. The number of halogens is 1. The van der Waals surface area contributed by atoms with Crippen LogP contribution in [0.1, 0.15) is 38.3 Å². The summed E-state index contributed by atoms with van der Waals surface area (Å²) in [5.41, 5.74) is 0.501. The summed E-state index contributed by atoms with van der Waals surface area (Å²) in [7, 11) is 3.95. The van der Waals surface area contributed by atoms with Gasteiger partial charge >= 0.3 is 0 Å². The second-order valence-electron chi connectivity index (χ2n) is 5.22. The van der Waals surface area contributed by atoms with Crippen LogP contribution in [-0.4, -0.2) is 36.1 Å². The summed E-state index contributed by atoms with van der Waals surface area (Å²) in [4.78, 5) is 10.1. The molecule has 1 fully saturated rings. The van der Waals surface area contributed by atoms with Crippen molar-refractivity contribution in [2.45, 2.75) is 51.1 Å². The van der Waals surface area contributed by atoms with Gasteiger partial charge in [0, 0.05) is 19.1 Å². The van der Waals surface area contributed by atoms with E-state index < -0.39 is 0 Å². The molecular weight excluding hydrogens is 243 g/mol. The number of nitrogens with zero attached hydrogens (tertiary/aromatic N) is 3. The molecule has 0 aliphatic heterocycles. The summed E-state index contributed by atoms with van der Waals surface area (Å²) in [6.07, 6.45) is 6.49. The monoisotopic (exact) mass is 266 g/mol. The molecule has 0 unspecified atom stereocenters. The lowest BCUT2D eigenvalue weighted by atomic mass is 9.90. The minimum absolute atomic E-state index is 0.261. The molecule has 2 rings (SSSR count). The molecule has 1 aliphatic rings. The van der Waals surface area contributed by atoms with Gasteiger partial charge in [0.1, 0.15) is 6.33 Å². The molecule has 106 valence electrons. The Kier molecular flexibility index (Phi) is 4.69. The van der Waals surface area contributed by atoms with E-state index in [1.165, 1.54) is 6.33 Å². The summed E-state index contributed by atoms with van der Waals surface area (Å²) in [6.45, 7) is 1.91. The second-order valence-corrected chi connectivity index (χ2v) is 5.22. The van der Waals surface area contributed by atoms with Crippen LogP contribution in [0.15, 0.2) is 6.33 Å². The molecule has 1 aromatic rings. The van der Waals surface area contributed by atoms with Crippen LogP contribution in [0.25, 0.3) is 0 Å². The summed E-state index contributed by atoms with van der Waals surface area (Å²) in [5.74, 6) is 0.183. The predicted octanol–water partition coefficient (Wildman–Crippen LogP) is 2.14. The molecule has 4 nitrogen and oxygen atoms in total. The third kappa shape index (κ3) is 3.03. The molecule has 1 aliphatic carbocycles. The van der Waals surface area contributed by atoms with Crippen molar-refractivity contribution >= 4 is 5.82 Å². The first-order valence-electron chi connectivity index (χ1n) is 7.06. The van der Waals surface area contributed by atoms with Crippen molar-refractivity contribution in [2.75, 3.05) is 19.0 Å². The fourth-order valence-electron chi connectivity index (χ4n) is 2.81. The van der Waals surface area contributed by atoms with Gasteiger partial charge in [0.2, 0.25) is 0 Å². The number of hydrogen-bond acceptors (Lipinski definition) is 4. The van der Waals surface area contributed by atoms with Gasteiger partial charge in [0.15, 0.2) is 11.6 Å². The van der Waals surface area contributed by atoms with E-state index in [4.69, 9.17) is 0 Å². The normalized spacial score (nSPS) is 23.4.